The lowest BCUT2D eigenvalue weighted by atomic mass is 9.95. The van der Waals surface area contributed by atoms with E-state index in [-0.39, 0.29) is 0 Å². The van der Waals surface area contributed by atoms with Crippen molar-refractivity contribution in [2.45, 2.75) is 0 Å². The summed E-state index contributed by atoms with van der Waals surface area (Å²) in [4.78, 5) is 2.45. The van der Waals surface area contributed by atoms with Crippen molar-refractivity contribution in [1.29, 1.82) is 0 Å². The van der Waals surface area contributed by atoms with Crippen molar-refractivity contribution in [3.05, 3.63) is 231 Å². The van der Waals surface area contributed by atoms with Gasteiger partial charge in [0.2, 0.25) is 0 Å². The molecule has 11 aromatic carbocycles. The second kappa shape index (κ2) is 14.3. The molecular weight excluding hydrogens is 805 g/mol. The molecule has 0 bridgehead atoms. The fraction of sp³-hybridized carbons (Fsp3) is 0. The lowest BCUT2D eigenvalue weighted by Gasteiger charge is -2.30. The number of hydrogen-bond acceptors (Lipinski definition) is 3. The highest BCUT2D eigenvalue weighted by Gasteiger charge is 2.27. The van der Waals surface area contributed by atoms with E-state index in [9.17, 15) is 0 Å². The number of rotatable bonds is 6. The Balaban J connectivity index is 1.08. The zero-order chi connectivity index (χ0) is 43.3. The van der Waals surface area contributed by atoms with Gasteiger partial charge in [0.25, 0.3) is 0 Å². The first-order valence-corrected chi connectivity index (χ1v) is 22.5. The van der Waals surface area contributed by atoms with Gasteiger partial charge in [0, 0.05) is 54.5 Å². The molecule has 0 radical (unpaired) electrons. The van der Waals surface area contributed by atoms with Gasteiger partial charge in [-0.3, -0.25) is 0 Å². The van der Waals surface area contributed by atoms with E-state index in [2.05, 4.69) is 228 Å². The summed E-state index contributed by atoms with van der Waals surface area (Å²) in [5.41, 5.74) is 14.1. The van der Waals surface area contributed by atoms with E-state index in [0.717, 1.165) is 105 Å². The van der Waals surface area contributed by atoms with Crippen LogP contribution in [0.4, 0.5) is 17.1 Å². The van der Waals surface area contributed by atoms with Gasteiger partial charge < -0.3 is 18.3 Å². The van der Waals surface area contributed by atoms with Crippen LogP contribution in [0.2, 0.25) is 0 Å². The van der Waals surface area contributed by atoms with Crippen LogP contribution in [0.25, 0.3) is 115 Å². The summed E-state index contributed by atoms with van der Waals surface area (Å²) in [6.45, 7) is 0. The van der Waals surface area contributed by atoms with Crippen LogP contribution in [-0.2, 0) is 0 Å². The third kappa shape index (κ3) is 5.39. The van der Waals surface area contributed by atoms with Crippen molar-refractivity contribution in [3.63, 3.8) is 0 Å². The molecule has 0 fully saturated rings. The second-order valence-corrected chi connectivity index (χ2v) is 17.1. The monoisotopic (exact) mass is 842 g/mol. The number of anilines is 3. The molecule has 0 aliphatic heterocycles. The molecule has 4 heteroatoms. The minimum atomic E-state index is 0.838. The van der Waals surface area contributed by atoms with Crippen LogP contribution in [0, 0.1) is 0 Å². The SMILES string of the molecule is c1ccc(-n2c3ccccc3c3ccccc32)c(-c2c(N(c3ccc(-c4cccc5c4oc4ccccc45)cc3)c3cc4ccccc4c4ccccc34)ccc3c2oc2ccccc23)c1. The third-order valence-electron chi connectivity index (χ3n) is 13.6. The Bertz CT molecular complexity index is 4190. The number of nitrogens with zero attached hydrogens (tertiary/aromatic N) is 2. The minimum absolute atomic E-state index is 0.838. The number of hydrogen-bond donors (Lipinski definition) is 0. The van der Waals surface area contributed by atoms with Crippen molar-refractivity contribution < 1.29 is 8.83 Å². The number of furan rings is 2. The average molecular weight is 843 g/mol. The van der Waals surface area contributed by atoms with Gasteiger partial charge >= 0.3 is 0 Å². The maximum atomic E-state index is 7.10. The molecule has 0 aliphatic carbocycles. The number of benzene rings is 11. The first-order chi connectivity index (χ1) is 32.8. The highest BCUT2D eigenvalue weighted by molar-refractivity contribution is 6.19. The molecule has 0 unspecified atom stereocenters. The molecule has 4 nitrogen and oxygen atoms in total. The van der Waals surface area contributed by atoms with Crippen molar-refractivity contribution >= 4 is 104 Å². The van der Waals surface area contributed by atoms with Crippen LogP contribution < -0.4 is 4.90 Å². The van der Waals surface area contributed by atoms with E-state index in [4.69, 9.17) is 8.83 Å². The number of para-hydroxylation sites is 6. The maximum Gasteiger partial charge on any atom is 0.145 e. The molecule has 0 saturated heterocycles. The van der Waals surface area contributed by atoms with Crippen LogP contribution in [-0.4, -0.2) is 4.57 Å². The van der Waals surface area contributed by atoms with E-state index in [1.54, 1.807) is 0 Å². The molecule has 308 valence electrons. The van der Waals surface area contributed by atoms with Crippen LogP contribution in [0.5, 0.6) is 0 Å². The predicted molar refractivity (Wildman–Crippen MR) is 276 cm³/mol. The highest BCUT2D eigenvalue weighted by Crippen LogP contribution is 2.51. The lowest BCUT2D eigenvalue weighted by Crippen LogP contribution is -2.12. The normalized spacial score (nSPS) is 11.9. The fourth-order valence-electron chi connectivity index (χ4n) is 10.7. The van der Waals surface area contributed by atoms with E-state index in [1.165, 1.54) is 26.9 Å². The Kier molecular flexibility index (Phi) is 7.95. The molecule has 14 aromatic rings. The molecule has 0 aliphatic rings. The molecule has 3 heterocycles. The Morgan fingerprint density at radius 3 is 1.59 bits per heavy atom. The first-order valence-electron chi connectivity index (χ1n) is 22.5. The molecule has 0 spiro atoms. The predicted octanol–water partition coefficient (Wildman–Crippen LogP) is 17.7. The smallest absolute Gasteiger partial charge is 0.145 e. The standard InChI is InChI=1S/C62H38N2O2/c1-2-17-42-40(16-1)38-57(45-19-4-3-18-44(42)45)63(41-34-32-39(33-35-41)43-25-15-26-50-48-22-8-13-30-58(48)65-61(43)50)56-37-36-51-49-23-9-14-31-59(49)66-62(51)60(56)52-24-7-12-29-55(52)64-53-27-10-5-20-46(53)47-21-6-11-28-54(47)64/h1-38H. The van der Waals surface area contributed by atoms with Crippen molar-refractivity contribution in [2.24, 2.45) is 0 Å². The Morgan fingerprint density at radius 1 is 0.333 bits per heavy atom. The molecule has 66 heavy (non-hydrogen) atoms. The average Bonchev–Trinajstić information content (AvgIpc) is 4.07. The van der Waals surface area contributed by atoms with E-state index in [0.29, 0.717) is 0 Å². The van der Waals surface area contributed by atoms with Gasteiger partial charge in [-0.05, 0) is 82.4 Å². The molecule has 0 amide bonds. The molecule has 0 N–H and O–H groups in total. The topological polar surface area (TPSA) is 34.5 Å². The fourth-order valence-corrected chi connectivity index (χ4v) is 10.7. The van der Waals surface area contributed by atoms with Gasteiger partial charge in [0.15, 0.2) is 0 Å². The van der Waals surface area contributed by atoms with Crippen LogP contribution in [0.3, 0.4) is 0 Å². The molecule has 0 saturated carbocycles. The Labute approximate surface area is 379 Å². The van der Waals surface area contributed by atoms with E-state index >= 15 is 0 Å². The molecular formula is C62H38N2O2. The van der Waals surface area contributed by atoms with Crippen LogP contribution in [0.15, 0.2) is 239 Å². The van der Waals surface area contributed by atoms with Crippen LogP contribution >= 0.6 is 0 Å². The molecule has 0 atom stereocenters. The lowest BCUT2D eigenvalue weighted by molar-refractivity contribution is 0.669. The quantitative estimate of drug-likeness (QED) is 0.156. The second-order valence-electron chi connectivity index (χ2n) is 17.1. The summed E-state index contributed by atoms with van der Waals surface area (Å²) in [5, 5.41) is 11.6. The summed E-state index contributed by atoms with van der Waals surface area (Å²) < 4.78 is 16.1. The number of fused-ring (bicyclic) bond motifs is 12. The maximum absolute atomic E-state index is 7.10. The van der Waals surface area contributed by atoms with Crippen molar-refractivity contribution in [1.82, 2.24) is 4.57 Å². The first kappa shape index (κ1) is 36.6. The molecule has 3 aromatic heterocycles. The van der Waals surface area contributed by atoms with Gasteiger partial charge in [-0.1, -0.05) is 170 Å². The zero-order valence-electron chi connectivity index (χ0n) is 35.7. The molecule has 14 rings (SSSR count). The van der Waals surface area contributed by atoms with E-state index < -0.39 is 0 Å². The van der Waals surface area contributed by atoms with Crippen molar-refractivity contribution in [2.75, 3.05) is 4.90 Å². The third-order valence-corrected chi connectivity index (χ3v) is 13.6. The van der Waals surface area contributed by atoms with Gasteiger partial charge in [-0.2, -0.15) is 0 Å². The van der Waals surface area contributed by atoms with Gasteiger partial charge in [-0.15, -0.1) is 0 Å². The zero-order valence-corrected chi connectivity index (χ0v) is 35.7. The summed E-state index contributed by atoms with van der Waals surface area (Å²) in [6, 6.07) is 82.8. The van der Waals surface area contributed by atoms with E-state index in [1.807, 2.05) is 12.1 Å². The van der Waals surface area contributed by atoms with Gasteiger partial charge in [-0.25, -0.2) is 0 Å². The largest absolute Gasteiger partial charge is 0.455 e. The van der Waals surface area contributed by atoms with Crippen LogP contribution in [0.1, 0.15) is 0 Å². The highest BCUT2D eigenvalue weighted by atomic mass is 16.3. The summed E-state index contributed by atoms with van der Waals surface area (Å²) in [5.74, 6) is 0. The Hall–Kier alpha value is -8.86. The summed E-state index contributed by atoms with van der Waals surface area (Å²) >= 11 is 0. The number of aromatic nitrogens is 1. The summed E-state index contributed by atoms with van der Waals surface area (Å²) in [7, 11) is 0. The Morgan fingerprint density at radius 2 is 0.864 bits per heavy atom. The van der Waals surface area contributed by atoms with Crippen molar-refractivity contribution in [3.8, 4) is 27.9 Å². The minimum Gasteiger partial charge on any atom is -0.455 e. The van der Waals surface area contributed by atoms with Gasteiger partial charge in [0.05, 0.1) is 33.7 Å². The van der Waals surface area contributed by atoms with Gasteiger partial charge in [0.1, 0.15) is 22.3 Å². The summed E-state index contributed by atoms with van der Waals surface area (Å²) in [6.07, 6.45) is 0.